The molecule has 2 aromatic rings. The molecule has 1 heterocycles. The quantitative estimate of drug-likeness (QED) is 0.746. The van der Waals surface area contributed by atoms with Gasteiger partial charge in [-0.3, -0.25) is 14.4 Å². The molecule has 32 heavy (non-hydrogen) atoms. The maximum atomic E-state index is 13.1. The lowest BCUT2D eigenvalue weighted by molar-refractivity contribution is -0.142. The van der Waals surface area contributed by atoms with E-state index in [1.165, 1.54) is 7.11 Å². The fourth-order valence-electron chi connectivity index (χ4n) is 3.76. The average Bonchev–Trinajstić information content (AvgIpc) is 2.83. The predicted octanol–water partition coefficient (Wildman–Crippen LogP) is 2.20. The van der Waals surface area contributed by atoms with Crippen LogP contribution in [0.15, 0.2) is 48.5 Å². The van der Waals surface area contributed by atoms with Crippen molar-refractivity contribution in [3.05, 3.63) is 59.7 Å². The van der Waals surface area contributed by atoms with E-state index in [0.29, 0.717) is 42.3 Å². The first-order chi connectivity index (χ1) is 15.3. The van der Waals surface area contributed by atoms with Crippen LogP contribution in [0, 0.1) is 0 Å². The number of nitrogens with one attached hydrogen (secondary N) is 1. The highest BCUT2D eigenvalue weighted by Gasteiger charge is 2.33. The van der Waals surface area contributed by atoms with Crippen molar-refractivity contribution >= 4 is 17.7 Å². The van der Waals surface area contributed by atoms with Gasteiger partial charge in [-0.05, 0) is 44.2 Å². The third-order valence-electron chi connectivity index (χ3n) is 5.52. The molecule has 1 aliphatic heterocycles. The van der Waals surface area contributed by atoms with Crippen molar-refractivity contribution in [2.75, 3.05) is 33.8 Å². The van der Waals surface area contributed by atoms with E-state index in [1.807, 2.05) is 25.1 Å². The Morgan fingerprint density at radius 1 is 1.03 bits per heavy atom. The summed E-state index contributed by atoms with van der Waals surface area (Å²) in [5.41, 5.74) is 1.08. The first-order valence-corrected chi connectivity index (χ1v) is 10.6. The minimum Gasteiger partial charge on any atom is -0.493 e. The summed E-state index contributed by atoms with van der Waals surface area (Å²) in [5, 5.41) is 2.56. The van der Waals surface area contributed by atoms with Gasteiger partial charge in [0.05, 0.1) is 7.11 Å². The highest BCUT2D eigenvalue weighted by atomic mass is 16.5. The smallest absolute Gasteiger partial charge is 0.263 e. The van der Waals surface area contributed by atoms with Crippen LogP contribution in [0.2, 0.25) is 0 Å². The number of hydrogen-bond acceptors (Lipinski definition) is 5. The topological polar surface area (TPSA) is 88.2 Å². The van der Waals surface area contributed by atoms with E-state index < -0.39 is 6.10 Å². The van der Waals surface area contributed by atoms with Crippen molar-refractivity contribution in [2.24, 2.45) is 0 Å². The number of hydrogen-bond donors (Lipinski definition) is 1. The normalized spacial score (nSPS) is 16.8. The maximum Gasteiger partial charge on any atom is 0.263 e. The predicted molar refractivity (Wildman–Crippen MR) is 120 cm³/mol. The molecule has 1 aliphatic rings. The minimum atomic E-state index is -0.756. The second kappa shape index (κ2) is 10.2. The van der Waals surface area contributed by atoms with E-state index >= 15 is 0 Å². The lowest BCUT2D eigenvalue weighted by atomic mass is 10.1. The molecule has 8 heteroatoms. The van der Waals surface area contributed by atoms with Crippen LogP contribution in [0.3, 0.4) is 0 Å². The summed E-state index contributed by atoms with van der Waals surface area (Å²) < 4.78 is 11.2. The number of amides is 3. The molecule has 0 aliphatic carbocycles. The molecule has 0 unspecified atom stereocenters. The van der Waals surface area contributed by atoms with E-state index in [4.69, 9.17) is 9.47 Å². The number of rotatable bonds is 6. The van der Waals surface area contributed by atoms with E-state index in [1.54, 1.807) is 54.1 Å². The fourth-order valence-corrected chi connectivity index (χ4v) is 3.76. The van der Waals surface area contributed by atoms with Crippen LogP contribution in [-0.4, -0.2) is 73.5 Å². The minimum absolute atomic E-state index is 0.0326. The molecule has 1 saturated heterocycles. The molecule has 0 spiro atoms. The molecular weight excluding hydrogens is 410 g/mol. The molecule has 170 valence electrons. The fraction of sp³-hybridized carbons (Fsp3) is 0.375. The molecule has 2 atom stereocenters. The Hall–Kier alpha value is -3.55. The Morgan fingerprint density at radius 3 is 2.38 bits per heavy atom. The molecular formula is C24H29N3O5. The van der Waals surface area contributed by atoms with Crippen molar-refractivity contribution in [1.82, 2.24) is 15.1 Å². The standard InChI is InChI=1S/C24H29N3O5/c1-16-15-26(24(30)18-8-6-5-7-9-18)12-13-27(16)23(29)17(2)32-20-11-10-19(22(28)25-3)14-21(20)31-4/h5-11,14,16-17H,12-13,15H2,1-4H3,(H,25,28)/t16-,17+/m1/s1. The lowest BCUT2D eigenvalue weighted by Crippen LogP contribution is -2.57. The van der Waals surface area contributed by atoms with Crippen LogP contribution in [0.25, 0.3) is 0 Å². The van der Waals surface area contributed by atoms with Gasteiger partial charge in [0, 0.05) is 43.9 Å². The number of carbonyl (C=O) groups excluding carboxylic acids is 3. The van der Waals surface area contributed by atoms with Crippen molar-refractivity contribution in [1.29, 1.82) is 0 Å². The van der Waals surface area contributed by atoms with Crippen molar-refractivity contribution < 1.29 is 23.9 Å². The van der Waals surface area contributed by atoms with E-state index in [-0.39, 0.29) is 23.8 Å². The number of nitrogens with zero attached hydrogens (tertiary/aromatic N) is 2. The molecule has 1 N–H and O–H groups in total. The van der Waals surface area contributed by atoms with Gasteiger partial charge >= 0.3 is 0 Å². The van der Waals surface area contributed by atoms with Crippen LogP contribution >= 0.6 is 0 Å². The van der Waals surface area contributed by atoms with Crippen molar-refractivity contribution in [3.63, 3.8) is 0 Å². The summed E-state index contributed by atoms with van der Waals surface area (Å²) >= 11 is 0. The van der Waals surface area contributed by atoms with Gasteiger partial charge in [-0.2, -0.15) is 0 Å². The number of benzene rings is 2. The molecule has 0 aromatic heterocycles. The van der Waals surface area contributed by atoms with Crippen LogP contribution in [0.4, 0.5) is 0 Å². The summed E-state index contributed by atoms with van der Waals surface area (Å²) in [6.07, 6.45) is -0.756. The number of carbonyl (C=O) groups is 3. The average molecular weight is 440 g/mol. The second-order valence-electron chi connectivity index (χ2n) is 7.70. The summed E-state index contributed by atoms with van der Waals surface area (Å²) in [6, 6.07) is 13.8. The Morgan fingerprint density at radius 2 is 1.75 bits per heavy atom. The molecule has 2 aromatic carbocycles. The Kier molecular flexibility index (Phi) is 7.35. The van der Waals surface area contributed by atoms with Gasteiger partial charge in [-0.1, -0.05) is 18.2 Å². The summed E-state index contributed by atoms with van der Waals surface area (Å²) in [7, 11) is 3.03. The summed E-state index contributed by atoms with van der Waals surface area (Å²) in [5.74, 6) is 0.316. The highest BCUT2D eigenvalue weighted by Crippen LogP contribution is 2.29. The number of piperazine rings is 1. The van der Waals surface area contributed by atoms with Gasteiger partial charge in [0.2, 0.25) is 0 Å². The summed E-state index contributed by atoms with van der Waals surface area (Å²) in [6.45, 7) is 4.95. The molecule has 3 amide bonds. The van der Waals surface area contributed by atoms with Gasteiger partial charge in [0.25, 0.3) is 17.7 Å². The van der Waals surface area contributed by atoms with Crippen LogP contribution in [-0.2, 0) is 4.79 Å². The van der Waals surface area contributed by atoms with Crippen molar-refractivity contribution in [3.8, 4) is 11.5 Å². The van der Waals surface area contributed by atoms with Gasteiger partial charge in [-0.15, -0.1) is 0 Å². The molecule has 0 saturated carbocycles. The van der Waals surface area contributed by atoms with Crippen molar-refractivity contribution in [2.45, 2.75) is 26.0 Å². The third-order valence-corrected chi connectivity index (χ3v) is 5.52. The highest BCUT2D eigenvalue weighted by molar-refractivity contribution is 5.95. The number of ether oxygens (including phenoxy) is 2. The van der Waals surface area contributed by atoms with Crippen LogP contribution in [0.1, 0.15) is 34.6 Å². The SMILES string of the molecule is CNC(=O)c1ccc(O[C@@H](C)C(=O)N2CCN(C(=O)c3ccccc3)C[C@H]2C)c(OC)c1. The van der Waals surface area contributed by atoms with Crippen LogP contribution < -0.4 is 14.8 Å². The van der Waals surface area contributed by atoms with Gasteiger partial charge in [0.1, 0.15) is 0 Å². The van der Waals surface area contributed by atoms with Gasteiger partial charge in [0.15, 0.2) is 17.6 Å². The molecule has 3 rings (SSSR count). The maximum absolute atomic E-state index is 13.1. The second-order valence-corrected chi connectivity index (χ2v) is 7.70. The van der Waals surface area contributed by atoms with E-state index in [9.17, 15) is 14.4 Å². The van der Waals surface area contributed by atoms with Gasteiger partial charge < -0.3 is 24.6 Å². The lowest BCUT2D eigenvalue weighted by Gasteiger charge is -2.40. The molecule has 8 nitrogen and oxygen atoms in total. The molecule has 0 radical (unpaired) electrons. The number of methoxy groups -OCH3 is 1. The molecule has 0 bridgehead atoms. The first-order valence-electron chi connectivity index (χ1n) is 10.6. The Bertz CT molecular complexity index is 979. The molecule has 1 fully saturated rings. The zero-order chi connectivity index (χ0) is 23.3. The Labute approximate surface area is 188 Å². The zero-order valence-electron chi connectivity index (χ0n) is 18.8. The summed E-state index contributed by atoms with van der Waals surface area (Å²) in [4.78, 5) is 41.1. The largest absolute Gasteiger partial charge is 0.493 e. The van der Waals surface area contributed by atoms with E-state index in [2.05, 4.69) is 5.32 Å². The van der Waals surface area contributed by atoms with Gasteiger partial charge in [-0.25, -0.2) is 0 Å². The van der Waals surface area contributed by atoms with Crippen LogP contribution in [0.5, 0.6) is 11.5 Å². The third kappa shape index (κ3) is 5.01. The monoisotopic (exact) mass is 439 g/mol. The Balaban J connectivity index is 1.64. The zero-order valence-corrected chi connectivity index (χ0v) is 18.8. The first kappa shape index (κ1) is 23.1. The van der Waals surface area contributed by atoms with E-state index in [0.717, 1.165) is 0 Å².